The van der Waals surface area contributed by atoms with Crippen molar-refractivity contribution >= 4 is 41.6 Å². The smallest absolute Gasteiger partial charge is 0.222 e. The Kier molecular flexibility index (Phi) is 6.05. The molecule has 3 heterocycles. The zero-order valence-corrected chi connectivity index (χ0v) is 17.3. The van der Waals surface area contributed by atoms with E-state index in [0.29, 0.717) is 48.4 Å². The molecule has 0 amide bonds. The summed E-state index contributed by atoms with van der Waals surface area (Å²) in [5.41, 5.74) is 1.39. The van der Waals surface area contributed by atoms with Crippen molar-refractivity contribution < 1.29 is 4.74 Å². The average Bonchev–Trinajstić information content (AvgIpc) is 3.61. The van der Waals surface area contributed by atoms with Gasteiger partial charge >= 0.3 is 0 Å². The minimum absolute atomic E-state index is 0.327. The van der Waals surface area contributed by atoms with Gasteiger partial charge in [-0.15, -0.1) is 11.6 Å². The maximum atomic E-state index is 6.32. The van der Waals surface area contributed by atoms with Gasteiger partial charge < -0.3 is 19.9 Å². The van der Waals surface area contributed by atoms with Crippen molar-refractivity contribution in [1.29, 1.82) is 0 Å². The molecule has 0 aromatic carbocycles. The van der Waals surface area contributed by atoms with Crippen molar-refractivity contribution in [2.45, 2.75) is 12.8 Å². The molecule has 1 N–H and O–H groups in total. The summed E-state index contributed by atoms with van der Waals surface area (Å²) < 4.78 is 5.51. The Hall–Kier alpha value is -2.52. The second kappa shape index (κ2) is 8.87. The molecule has 0 atom stereocenters. The Labute approximate surface area is 175 Å². The van der Waals surface area contributed by atoms with Crippen LogP contribution in [0.25, 0.3) is 11.4 Å². The highest BCUT2D eigenvalue weighted by atomic mass is 35.5. The first-order chi connectivity index (χ1) is 14.2. The Bertz CT molecular complexity index is 852. The van der Waals surface area contributed by atoms with Crippen molar-refractivity contribution in [1.82, 2.24) is 19.9 Å². The maximum Gasteiger partial charge on any atom is 0.222 e. The number of aliphatic imine (C=N–C) groups is 1. The largest absolute Gasteiger partial charge is 0.378 e. The van der Waals surface area contributed by atoms with Crippen LogP contribution in [0, 0.1) is 5.92 Å². The topological polar surface area (TPSA) is 91.7 Å². The molecule has 1 saturated heterocycles. The highest BCUT2D eigenvalue weighted by Gasteiger charge is 2.29. The number of alkyl halides is 1. The molecule has 2 aromatic heterocycles. The number of anilines is 3. The van der Waals surface area contributed by atoms with Gasteiger partial charge in [-0.2, -0.15) is 0 Å². The summed E-state index contributed by atoms with van der Waals surface area (Å²) in [6.07, 6.45) is 5.87. The molecule has 9 nitrogen and oxygen atoms in total. The molecule has 1 aliphatic carbocycles. The minimum atomic E-state index is 0.327. The van der Waals surface area contributed by atoms with Crippen molar-refractivity contribution in [2.75, 3.05) is 61.0 Å². The van der Waals surface area contributed by atoms with E-state index in [4.69, 9.17) is 26.3 Å². The van der Waals surface area contributed by atoms with Crippen LogP contribution in [-0.2, 0) is 4.74 Å². The fourth-order valence-corrected chi connectivity index (χ4v) is 3.51. The van der Waals surface area contributed by atoms with Crippen LogP contribution >= 0.6 is 11.6 Å². The van der Waals surface area contributed by atoms with E-state index in [1.54, 1.807) is 19.4 Å². The van der Waals surface area contributed by atoms with Gasteiger partial charge in [0.2, 0.25) is 5.95 Å². The van der Waals surface area contributed by atoms with Crippen LogP contribution in [0.4, 0.5) is 23.3 Å². The van der Waals surface area contributed by atoms with Crippen LogP contribution < -0.4 is 15.1 Å². The summed E-state index contributed by atoms with van der Waals surface area (Å²) in [5, 5.41) is 2.92. The molecular weight excluding hydrogens is 392 g/mol. The first kappa shape index (κ1) is 19.8. The molecule has 0 bridgehead atoms. The van der Waals surface area contributed by atoms with E-state index in [1.165, 1.54) is 12.8 Å². The third kappa shape index (κ3) is 4.40. The van der Waals surface area contributed by atoms with Gasteiger partial charge in [0.25, 0.3) is 0 Å². The monoisotopic (exact) mass is 416 g/mol. The molecule has 0 unspecified atom stereocenters. The van der Waals surface area contributed by atoms with Crippen LogP contribution in [0.3, 0.4) is 0 Å². The molecule has 154 valence electrons. The molecule has 4 rings (SSSR count). The Morgan fingerprint density at radius 1 is 1.28 bits per heavy atom. The number of rotatable bonds is 8. The van der Waals surface area contributed by atoms with Crippen molar-refractivity contribution in [2.24, 2.45) is 10.9 Å². The number of halogens is 1. The fourth-order valence-electron chi connectivity index (χ4n) is 3.29. The summed E-state index contributed by atoms with van der Waals surface area (Å²) in [7, 11) is 1.78. The van der Waals surface area contributed by atoms with Gasteiger partial charge in [0.05, 0.1) is 24.8 Å². The predicted molar refractivity (Wildman–Crippen MR) is 116 cm³/mol. The number of hydrogen-bond acceptors (Lipinski definition) is 9. The van der Waals surface area contributed by atoms with E-state index in [1.807, 2.05) is 0 Å². The number of aromatic nitrogens is 4. The van der Waals surface area contributed by atoms with Crippen LogP contribution in [-0.4, -0.2) is 72.6 Å². The predicted octanol–water partition coefficient (Wildman–Crippen LogP) is 2.56. The molecule has 29 heavy (non-hydrogen) atoms. The van der Waals surface area contributed by atoms with Gasteiger partial charge in [0.1, 0.15) is 5.69 Å². The maximum absolute atomic E-state index is 6.32. The Morgan fingerprint density at radius 2 is 2.00 bits per heavy atom. The summed E-state index contributed by atoms with van der Waals surface area (Å²) >= 11 is 6.32. The van der Waals surface area contributed by atoms with Crippen molar-refractivity contribution in [3.05, 3.63) is 12.4 Å². The average molecular weight is 417 g/mol. The van der Waals surface area contributed by atoms with Gasteiger partial charge in [-0.3, -0.25) is 4.99 Å². The van der Waals surface area contributed by atoms with E-state index in [0.717, 1.165) is 31.0 Å². The van der Waals surface area contributed by atoms with E-state index < -0.39 is 0 Å². The summed E-state index contributed by atoms with van der Waals surface area (Å²) in [6, 6.07) is 0.327. The summed E-state index contributed by atoms with van der Waals surface area (Å²) in [4.78, 5) is 26.8. The molecule has 1 aliphatic heterocycles. The van der Waals surface area contributed by atoms with E-state index in [9.17, 15) is 0 Å². The third-order valence-electron chi connectivity index (χ3n) is 5.07. The van der Waals surface area contributed by atoms with Gasteiger partial charge in [0, 0.05) is 39.1 Å². The highest BCUT2D eigenvalue weighted by molar-refractivity contribution is 6.19. The quantitative estimate of drug-likeness (QED) is 0.399. The van der Waals surface area contributed by atoms with E-state index >= 15 is 0 Å². The molecule has 0 spiro atoms. The van der Waals surface area contributed by atoms with Crippen LogP contribution in [0.15, 0.2) is 17.4 Å². The zero-order chi connectivity index (χ0) is 20.2. The second-order valence-electron chi connectivity index (χ2n) is 7.13. The zero-order valence-electron chi connectivity index (χ0n) is 16.5. The minimum Gasteiger partial charge on any atom is -0.378 e. The SMILES string of the molecule is C=Nc1c(N2CCOCC2)nc(-c2cnc(NC)nc2)nc1N(CCl)CC1CC1. The summed E-state index contributed by atoms with van der Waals surface area (Å²) in [5.74, 6) is 3.18. The van der Waals surface area contributed by atoms with E-state index in [-0.39, 0.29) is 0 Å². The van der Waals surface area contributed by atoms with Gasteiger partial charge in [-0.25, -0.2) is 19.9 Å². The van der Waals surface area contributed by atoms with Crippen molar-refractivity contribution in [3.63, 3.8) is 0 Å². The molecule has 2 fully saturated rings. The van der Waals surface area contributed by atoms with Crippen LogP contribution in [0.5, 0.6) is 0 Å². The fraction of sp³-hybridized carbons (Fsp3) is 0.526. The molecule has 10 heteroatoms. The summed E-state index contributed by atoms with van der Waals surface area (Å²) in [6.45, 7) is 7.40. The van der Waals surface area contributed by atoms with Gasteiger partial charge in [-0.05, 0) is 25.5 Å². The lowest BCUT2D eigenvalue weighted by Crippen LogP contribution is -2.37. The van der Waals surface area contributed by atoms with Crippen LogP contribution in [0.2, 0.25) is 0 Å². The standard InChI is InChI=1S/C19H25ClN8O/c1-21-15-17(27-5-7-29-8-6-27)25-16(14-9-23-19(22-2)24-10-14)26-18(15)28(12-20)11-13-3-4-13/h9-10,13H,1,3-8,11-12H2,2H3,(H,22,23,24). The molecule has 2 aromatic rings. The second-order valence-corrected chi connectivity index (χ2v) is 7.37. The third-order valence-corrected chi connectivity index (χ3v) is 5.36. The van der Waals surface area contributed by atoms with E-state index in [2.05, 4.69) is 36.8 Å². The lowest BCUT2D eigenvalue weighted by molar-refractivity contribution is 0.122. The van der Waals surface area contributed by atoms with Crippen LogP contribution in [0.1, 0.15) is 12.8 Å². The Morgan fingerprint density at radius 3 is 2.59 bits per heavy atom. The van der Waals surface area contributed by atoms with Crippen molar-refractivity contribution in [3.8, 4) is 11.4 Å². The number of nitrogens with one attached hydrogen (secondary N) is 1. The number of ether oxygens (including phenoxy) is 1. The van der Waals surface area contributed by atoms with Gasteiger partial charge in [-0.1, -0.05) is 0 Å². The lowest BCUT2D eigenvalue weighted by Gasteiger charge is -2.31. The highest BCUT2D eigenvalue weighted by Crippen LogP contribution is 2.40. The number of nitrogens with zero attached hydrogens (tertiary/aromatic N) is 7. The Balaban J connectivity index is 1.81. The molecule has 0 radical (unpaired) electrons. The lowest BCUT2D eigenvalue weighted by atomic mass is 10.2. The number of morpholine rings is 1. The normalized spacial score (nSPS) is 16.6. The molecule has 2 aliphatic rings. The number of hydrogen-bond donors (Lipinski definition) is 1. The first-order valence-electron chi connectivity index (χ1n) is 9.76. The van der Waals surface area contributed by atoms with Gasteiger partial charge in [0.15, 0.2) is 17.5 Å². The molecule has 1 saturated carbocycles. The molecular formula is C19H25ClN8O. The first-order valence-corrected chi connectivity index (χ1v) is 10.3.